The van der Waals surface area contributed by atoms with Gasteiger partial charge in [0.15, 0.2) is 11.5 Å². The summed E-state index contributed by atoms with van der Waals surface area (Å²) in [6.07, 6.45) is 5.73. The van der Waals surface area contributed by atoms with Gasteiger partial charge in [-0.15, -0.1) is 0 Å². The molecule has 1 fully saturated rings. The average Bonchev–Trinajstić information content (AvgIpc) is 3.26. The van der Waals surface area contributed by atoms with Gasteiger partial charge in [0, 0.05) is 23.9 Å². The van der Waals surface area contributed by atoms with Gasteiger partial charge in [-0.3, -0.25) is 4.79 Å². The van der Waals surface area contributed by atoms with Gasteiger partial charge in [0.1, 0.15) is 5.82 Å². The molecule has 0 unspecified atom stereocenters. The van der Waals surface area contributed by atoms with Gasteiger partial charge in [0.25, 0.3) is 0 Å². The number of nitrogens with one attached hydrogen (secondary N) is 2. The number of amides is 1. The Bertz CT molecular complexity index is 1070. The first kappa shape index (κ1) is 16.4. The summed E-state index contributed by atoms with van der Waals surface area (Å²) < 4.78 is 30.7. The molecule has 138 valence electrons. The SMILES string of the molecule is O=C1Cc2cc(-c3cc(F)c4nc(C5CCNCC5)cn4c3)cc(F)c2N1. The first-order valence-electron chi connectivity index (χ1n) is 9.10. The molecule has 4 heterocycles. The van der Waals surface area contributed by atoms with E-state index in [2.05, 4.69) is 15.6 Å². The summed E-state index contributed by atoms with van der Waals surface area (Å²) in [5, 5.41) is 5.83. The van der Waals surface area contributed by atoms with Crippen LogP contribution in [0.1, 0.15) is 30.0 Å². The van der Waals surface area contributed by atoms with Gasteiger partial charge in [-0.1, -0.05) is 0 Å². The Morgan fingerprint density at radius 3 is 2.63 bits per heavy atom. The Kier molecular flexibility index (Phi) is 3.72. The number of pyridine rings is 1. The van der Waals surface area contributed by atoms with Crippen molar-refractivity contribution in [2.24, 2.45) is 0 Å². The topological polar surface area (TPSA) is 58.4 Å². The van der Waals surface area contributed by atoms with E-state index >= 15 is 0 Å². The van der Waals surface area contributed by atoms with Crippen molar-refractivity contribution >= 4 is 17.2 Å². The Morgan fingerprint density at radius 2 is 1.81 bits per heavy atom. The number of piperidine rings is 1. The monoisotopic (exact) mass is 368 g/mol. The van der Waals surface area contributed by atoms with E-state index in [0.29, 0.717) is 22.6 Å². The summed E-state index contributed by atoms with van der Waals surface area (Å²) in [6, 6.07) is 4.44. The van der Waals surface area contributed by atoms with E-state index in [1.807, 2.05) is 6.20 Å². The quantitative estimate of drug-likeness (QED) is 0.730. The lowest BCUT2D eigenvalue weighted by molar-refractivity contribution is -0.115. The molecular weight excluding hydrogens is 350 g/mol. The number of aromatic nitrogens is 2. The molecule has 0 saturated carbocycles. The molecule has 2 aliphatic rings. The number of carbonyl (C=O) groups excluding carboxylic acids is 1. The highest BCUT2D eigenvalue weighted by atomic mass is 19.1. The van der Waals surface area contributed by atoms with Gasteiger partial charge in [0.2, 0.25) is 5.91 Å². The van der Waals surface area contributed by atoms with Gasteiger partial charge < -0.3 is 15.0 Å². The van der Waals surface area contributed by atoms with Gasteiger partial charge in [-0.25, -0.2) is 13.8 Å². The van der Waals surface area contributed by atoms with Crippen LogP contribution in [0.5, 0.6) is 0 Å². The molecule has 27 heavy (non-hydrogen) atoms. The zero-order chi connectivity index (χ0) is 18.5. The fraction of sp³-hybridized carbons (Fsp3) is 0.300. The molecule has 1 aromatic carbocycles. The average molecular weight is 368 g/mol. The molecule has 0 spiro atoms. The van der Waals surface area contributed by atoms with Crippen LogP contribution in [-0.4, -0.2) is 28.4 Å². The standard InChI is InChI=1S/C20H18F2N4O/c21-15-6-12(5-13-8-18(27)25-19(13)15)14-7-16(22)20-24-17(10-26(20)9-14)11-1-3-23-4-2-11/h5-7,9-11,23H,1-4,8H2,(H,25,27). The molecule has 1 saturated heterocycles. The van der Waals surface area contributed by atoms with Crippen molar-refractivity contribution < 1.29 is 13.6 Å². The largest absolute Gasteiger partial charge is 0.323 e. The third kappa shape index (κ3) is 2.78. The summed E-state index contributed by atoms with van der Waals surface area (Å²) in [5.74, 6) is -0.856. The number of rotatable bonds is 2. The minimum atomic E-state index is -0.505. The van der Waals surface area contributed by atoms with Crippen LogP contribution < -0.4 is 10.6 Å². The lowest BCUT2D eigenvalue weighted by atomic mass is 9.95. The molecule has 0 aliphatic carbocycles. The third-order valence-corrected chi connectivity index (χ3v) is 5.40. The van der Waals surface area contributed by atoms with E-state index in [4.69, 9.17) is 0 Å². The lowest BCUT2D eigenvalue weighted by Gasteiger charge is -2.20. The number of carbonyl (C=O) groups is 1. The maximum atomic E-state index is 14.7. The maximum Gasteiger partial charge on any atom is 0.228 e. The molecule has 5 nitrogen and oxygen atoms in total. The number of anilines is 1. The Hall–Kier alpha value is -2.80. The molecule has 0 bridgehead atoms. The maximum absolute atomic E-state index is 14.7. The molecule has 0 radical (unpaired) electrons. The van der Waals surface area contributed by atoms with Gasteiger partial charge in [-0.2, -0.15) is 0 Å². The predicted octanol–water partition coefficient (Wildman–Crippen LogP) is 3.24. The number of hydrogen-bond donors (Lipinski definition) is 2. The van der Waals surface area contributed by atoms with Crippen molar-refractivity contribution in [2.45, 2.75) is 25.2 Å². The normalized spacial score (nSPS) is 17.3. The zero-order valence-corrected chi connectivity index (χ0v) is 14.6. The van der Waals surface area contributed by atoms with E-state index < -0.39 is 11.6 Å². The fourth-order valence-corrected chi connectivity index (χ4v) is 4.01. The van der Waals surface area contributed by atoms with Crippen LogP contribution in [0.4, 0.5) is 14.5 Å². The zero-order valence-electron chi connectivity index (χ0n) is 14.6. The summed E-state index contributed by atoms with van der Waals surface area (Å²) in [7, 11) is 0. The molecule has 3 aromatic rings. The number of imidazole rings is 1. The molecule has 2 aliphatic heterocycles. The van der Waals surface area contributed by atoms with E-state index in [1.165, 1.54) is 12.1 Å². The molecule has 0 atom stereocenters. The van der Waals surface area contributed by atoms with Crippen LogP contribution in [0.2, 0.25) is 0 Å². The number of benzene rings is 1. The fourth-order valence-electron chi connectivity index (χ4n) is 4.01. The van der Waals surface area contributed by atoms with Crippen LogP contribution >= 0.6 is 0 Å². The van der Waals surface area contributed by atoms with Gasteiger partial charge in [0.05, 0.1) is 17.8 Å². The molecule has 1 amide bonds. The van der Waals surface area contributed by atoms with E-state index in [0.717, 1.165) is 31.6 Å². The summed E-state index contributed by atoms with van der Waals surface area (Å²) in [6.45, 7) is 1.88. The number of halogens is 2. The lowest BCUT2D eigenvalue weighted by Crippen LogP contribution is -2.26. The van der Waals surface area contributed by atoms with Gasteiger partial charge >= 0.3 is 0 Å². The summed E-state index contributed by atoms with van der Waals surface area (Å²) in [5.41, 5.74) is 3.09. The second-order valence-electron chi connectivity index (χ2n) is 7.21. The Balaban J connectivity index is 1.57. The molecule has 5 rings (SSSR count). The first-order chi connectivity index (χ1) is 13.1. The van der Waals surface area contributed by atoms with Crippen molar-refractivity contribution in [1.29, 1.82) is 0 Å². The van der Waals surface area contributed by atoms with Crippen LogP contribution in [0.25, 0.3) is 16.8 Å². The highest BCUT2D eigenvalue weighted by Crippen LogP contribution is 2.33. The van der Waals surface area contributed by atoms with Crippen LogP contribution in [-0.2, 0) is 11.2 Å². The van der Waals surface area contributed by atoms with Crippen molar-refractivity contribution in [3.05, 3.63) is 53.5 Å². The number of nitrogens with zero attached hydrogens (tertiary/aromatic N) is 2. The highest BCUT2D eigenvalue weighted by Gasteiger charge is 2.23. The second-order valence-corrected chi connectivity index (χ2v) is 7.21. The molecule has 7 heteroatoms. The highest BCUT2D eigenvalue weighted by molar-refractivity contribution is 5.99. The van der Waals surface area contributed by atoms with Crippen molar-refractivity contribution in [1.82, 2.24) is 14.7 Å². The third-order valence-electron chi connectivity index (χ3n) is 5.40. The van der Waals surface area contributed by atoms with E-state index in [1.54, 1.807) is 16.7 Å². The smallest absolute Gasteiger partial charge is 0.228 e. The van der Waals surface area contributed by atoms with E-state index in [9.17, 15) is 13.6 Å². The van der Waals surface area contributed by atoms with Gasteiger partial charge in [-0.05, 0) is 55.3 Å². The summed E-state index contributed by atoms with van der Waals surface area (Å²) in [4.78, 5) is 16.0. The number of hydrogen-bond acceptors (Lipinski definition) is 3. The minimum Gasteiger partial charge on any atom is -0.323 e. The number of fused-ring (bicyclic) bond motifs is 2. The predicted molar refractivity (Wildman–Crippen MR) is 97.7 cm³/mol. The summed E-state index contributed by atoms with van der Waals surface area (Å²) >= 11 is 0. The molecule has 2 N–H and O–H groups in total. The van der Waals surface area contributed by atoms with Crippen LogP contribution in [0.3, 0.4) is 0 Å². The van der Waals surface area contributed by atoms with Crippen LogP contribution in [0, 0.1) is 11.6 Å². The van der Waals surface area contributed by atoms with Crippen LogP contribution in [0.15, 0.2) is 30.6 Å². The first-order valence-corrected chi connectivity index (χ1v) is 9.10. The molecule has 2 aromatic heterocycles. The Labute approximate surface area is 154 Å². The minimum absolute atomic E-state index is 0.135. The van der Waals surface area contributed by atoms with E-state index in [-0.39, 0.29) is 23.7 Å². The van der Waals surface area contributed by atoms with Crippen molar-refractivity contribution in [3.8, 4) is 11.1 Å². The second kappa shape index (κ2) is 6.13. The van der Waals surface area contributed by atoms with Crippen molar-refractivity contribution in [2.75, 3.05) is 18.4 Å². The molecular formula is C20H18F2N4O. The Morgan fingerprint density at radius 1 is 1.04 bits per heavy atom. The van der Waals surface area contributed by atoms with Crippen molar-refractivity contribution in [3.63, 3.8) is 0 Å².